The van der Waals surface area contributed by atoms with Crippen molar-refractivity contribution in [2.45, 2.75) is 39.7 Å². The number of nitrogens with two attached hydrogens (primary N) is 1. The van der Waals surface area contributed by atoms with Crippen LogP contribution in [0.2, 0.25) is 0 Å². The third-order valence-corrected chi connectivity index (χ3v) is 2.66. The van der Waals surface area contributed by atoms with Crippen molar-refractivity contribution in [3.05, 3.63) is 5.01 Å². The Morgan fingerprint density at radius 2 is 2.12 bits per heavy atom. The molecular weight excluding hydrogens is 224 g/mol. The maximum Gasteiger partial charge on any atom is 0.227 e. The van der Waals surface area contributed by atoms with Gasteiger partial charge in [0.25, 0.3) is 0 Å². The van der Waals surface area contributed by atoms with Crippen LogP contribution >= 0.6 is 11.3 Å². The van der Waals surface area contributed by atoms with Crippen molar-refractivity contribution in [3.63, 3.8) is 0 Å². The van der Waals surface area contributed by atoms with Gasteiger partial charge in [0, 0.05) is 18.9 Å². The van der Waals surface area contributed by atoms with Gasteiger partial charge in [-0.2, -0.15) is 0 Å². The van der Waals surface area contributed by atoms with Gasteiger partial charge in [0.15, 0.2) is 0 Å². The zero-order valence-corrected chi connectivity index (χ0v) is 10.7. The van der Waals surface area contributed by atoms with Crippen LogP contribution in [0.3, 0.4) is 0 Å². The zero-order chi connectivity index (χ0) is 12.1. The molecule has 1 heterocycles. The predicted molar refractivity (Wildman–Crippen MR) is 65.3 cm³/mol. The van der Waals surface area contributed by atoms with Gasteiger partial charge in [0.2, 0.25) is 11.0 Å². The quantitative estimate of drug-likeness (QED) is 0.818. The fraction of sp³-hybridized carbons (Fsp3) is 0.700. The molecule has 6 heteroatoms. The lowest BCUT2D eigenvalue weighted by Gasteiger charge is -2.03. The second-order valence-corrected chi connectivity index (χ2v) is 5.39. The van der Waals surface area contributed by atoms with Crippen LogP contribution in [-0.4, -0.2) is 22.1 Å². The summed E-state index contributed by atoms with van der Waals surface area (Å²) in [7, 11) is 0. The minimum absolute atomic E-state index is 0.109. The molecule has 0 bridgehead atoms. The molecule has 1 unspecified atom stereocenters. The molecule has 5 nitrogen and oxygen atoms in total. The Morgan fingerprint density at radius 3 is 2.69 bits per heavy atom. The first-order valence-corrected chi connectivity index (χ1v) is 6.17. The Balaban J connectivity index is 2.48. The Labute approximate surface area is 99.5 Å². The van der Waals surface area contributed by atoms with Gasteiger partial charge in [-0.3, -0.25) is 4.79 Å². The van der Waals surface area contributed by atoms with Crippen LogP contribution in [0.5, 0.6) is 0 Å². The van der Waals surface area contributed by atoms with E-state index in [0.29, 0.717) is 17.5 Å². The maximum atomic E-state index is 11.4. The first-order valence-electron chi connectivity index (χ1n) is 5.35. The van der Waals surface area contributed by atoms with Crippen LogP contribution in [0.25, 0.3) is 0 Å². The van der Waals surface area contributed by atoms with Crippen molar-refractivity contribution < 1.29 is 4.79 Å². The van der Waals surface area contributed by atoms with Crippen LogP contribution in [-0.2, 0) is 11.2 Å². The van der Waals surface area contributed by atoms with Crippen LogP contribution in [0, 0.1) is 5.92 Å². The molecule has 90 valence electrons. The second kappa shape index (κ2) is 5.91. The van der Waals surface area contributed by atoms with Gasteiger partial charge in [-0.05, 0) is 12.8 Å². The van der Waals surface area contributed by atoms with E-state index in [0.717, 1.165) is 11.4 Å². The Hall–Kier alpha value is -1.01. The summed E-state index contributed by atoms with van der Waals surface area (Å²) in [6.07, 6.45) is 1.19. The van der Waals surface area contributed by atoms with Gasteiger partial charge in [0.1, 0.15) is 5.01 Å². The molecule has 0 fully saturated rings. The predicted octanol–water partition coefficient (Wildman–Crippen LogP) is 1.41. The van der Waals surface area contributed by atoms with Gasteiger partial charge in [-0.25, -0.2) is 0 Å². The largest absolute Gasteiger partial charge is 0.327 e. The van der Waals surface area contributed by atoms with E-state index >= 15 is 0 Å². The average Bonchev–Trinajstić information content (AvgIpc) is 2.49. The van der Waals surface area contributed by atoms with E-state index in [-0.39, 0.29) is 11.9 Å². The maximum absolute atomic E-state index is 11.4. The third kappa shape index (κ3) is 4.67. The number of rotatable bonds is 5. The number of amides is 1. The molecule has 0 aliphatic heterocycles. The van der Waals surface area contributed by atoms with E-state index in [2.05, 4.69) is 29.4 Å². The molecule has 0 spiro atoms. The summed E-state index contributed by atoms with van der Waals surface area (Å²) in [5.74, 6) is 0.433. The number of nitrogens with zero attached hydrogens (tertiary/aromatic N) is 2. The molecule has 1 atom stereocenters. The van der Waals surface area contributed by atoms with Crippen LogP contribution < -0.4 is 11.1 Å². The first kappa shape index (κ1) is 13.1. The Kier molecular flexibility index (Phi) is 4.82. The van der Waals surface area contributed by atoms with E-state index in [9.17, 15) is 4.79 Å². The highest BCUT2D eigenvalue weighted by molar-refractivity contribution is 7.15. The summed E-state index contributed by atoms with van der Waals surface area (Å²) >= 11 is 1.42. The number of hydrogen-bond donors (Lipinski definition) is 2. The lowest BCUT2D eigenvalue weighted by Crippen LogP contribution is -2.23. The van der Waals surface area contributed by atoms with Crippen molar-refractivity contribution in [1.82, 2.24) is 10.2 Å². The molecular formula is C10H18N4OS. The van der Waals surface area contributed by atoms with Crippen molar-refractivity contribution in [2.75, 3.05) is 5.32 Å². The number of nitrogens with one attached hydrogen (secondary N) is 1. The molecule has 0 aliphatic rings. The van der Waals surface area contributed by atoms with E-state index in [4.69, 9.17) is 5.73 Å². The minimum atomic E-state index is -0.136. The molecule has 16 heavy (non-hydrogen) atoms. The van der Waals surface area contributed by atoms with Gasteiger partial charge < -0.3 is 11.1 Å². The fourth-order valence-electron chi connectivity index (χ4n) is 1.20. The van der Waals surface area contributed by atoms with Crippen LogP contribution in [0.4, 0.5) is 5.13 Å². The number of hydrogen-bond acceptors (Lipinski definition) is 5. The molecule has 0 radical (unpaired) electrons. The topological polar surface area (TPSA) is 80.9 Å². The lowest BCUT2D eigenvalue weighted by atomic mass is 10.1. The van der Waals surface area contributed by atoms with Gasteiger partial charge in [0.05, 0.1) is 0 Å². The molecule has 0 saturated heterocycles. The molecule has 0 saturated carbocycles. The molecule has 3 N–H and O–H groups in total. The Bertz CT molecular complexity index is 348. The number of anilines is 1. The monoisotopic (exact) mass is 242 g/mol. The molecule has 1 aromatic rings. The summed E-state index contributed by atoms with van der Waals surface area (Å²) in [5.41, 5.74) is 5.52. The van der Waals surface area contributed by atoms with Crippen molar-refractivity contribution in [2.24, 2.45) is 11.7 Å². The summed E-state index contributed by atoms with van der Waals surface area (Å²) in [4.78, 5) is 11.4. The van der Waals surface area contributed by atoms with Crippen molar-refractivity contribution in [1.29, 1.82) is 0 Å². The molecule has 1 amide bonds. The lowest BCUT2D eigenvalue weighted by molar-refractivity contribution is -0.116. The van der Waals surface area contributed by atoms with Crippen molar-refractivity contribution in [3.8, 4) is 0 Å². The second-order valence-electron chi connectivity index (χ2n) is 4.33. The third-order valence-electron chi connectivity index (χ3n) is 1.80. The number of carbonyl (C=O) groups is 1. The van der Waals surface area contributed by atoms with Gasteiger partial charge >= 0.3 is 0 Å². The highest BCUT2D eigenvalue weighted by Crippen LogP contribution is 2.18. The highest BCUT2D eigenvalue weighted by atomic mass is 32.1. The smallest absolute Gasteiger partial charge is 0.227 e. The summed E-state index contributed by atoms with van der Waals surface area (Å²) < 4.78 is 0. The summed E-state index contributed by atoms with van der Waals surface area (Å²) in [6, 6.07) is -0.136. The molecule has 1 rings (SSSR count). The molecule has 0 aliphatic carbocycles. The molecule has 1 aromatic heterocycles. The van der Waals surface area contributed by atoms with E-state index < -0.39 is 0 Å². The van der Waals surface area contributed by atoms with E-state index in [1.54, 1.807) is 6.92 Å². The number of carbonyl (C=O) groups excluding carboxylic acids is 1. The Morgan fingerprint density at radius 1 is 1.44 bits per heavy atom. The van der Waals surface area contributed by atoms with Crippen LogP contribution in [0.15, 0.2) is 0 Å². The summed E-state index contributed by atoms with van der Waals surface area (Å²) in [6.45, 7) is 6.04. The van der Waals surface area contributed by atoms with E-state index in [1.165, 1.54) is 11.3 Å². The highest BCUT2D eigenvalue weighted by Gasteiger charge is 2.10. The van der Waals surface area contributed by atoms with E-state index in [1.807, 2.05) is 0 Å². The average molecular weight is 242 g/mol. The normalized spacial score (nSPS) is 12.8. The SMILES string of the molecule is CC(C)Cc1nnc(NC(=O)CC(C)N)s1. The first-order chi connectivity index (χ1) is 7.47. The molecule has 0 aromatic carbocycles. The van der Waals surface area contributed by atoms with Gasteiger partial charge in [-0.15, -0.1) is 10.2 Å². The summed E-state index contributed by atoms with van der Waals surface area (Å²) in [5, 5.41) is 12.1. The zero-order valence-electron chi connectivity index (χ0n) is 9.86. The standard InChI is InChI=1S/C10H18N4OS/c1-6(2)4-9-13-14-10(16-9)12-8(15)5-7(3)11/h6-7H,4-5,11H2,1-3H3,(H,12,14,15). The minimum Gasteiger partial charge on any atom is -0.327 e. The van der Waals surface area contributed by atoms with Crippen LogP contribution in [0.1, 0.15) is 32.2 Å². The van der Waals surface area contributed by atoms with Crippen molar-refractivity contribution >= 4 is 22.4 Å². The number of aromatic nitrogens is 2. The fourth-order valence-corrected chi connectivity index (χ4v) is 2.17. The van der Waals surface area contributed by atoms with Gasteiger partial charge in [-0.1, -0.05) is 25.2 Å².